The van der Waals surface area contributed by atoms with Crippen LogP contribution in [0, 0.1) is 29.6 Å². The molecule has 2 aliphatic carbocycles. The van der Waals surface area contributed by atoms with E-state index in [-0.39, 0.29) is 35.5 Å². The quantitative estimate of drug-likeness (QED) is 0.151. The molecule has 6 atom stereocenters. The van der Waals surface area contributed by atoms with Crippen LogP contribution in [0.2, 0.25) is 5.02 Å². The van der Waals surface area contributed by atoms with Crippen LogP contribution in [-0.4, -0.2) is 43.0 Å². The number of methoxy groups -OCH3 is 2. The molecule has 1 saturated carbocycles. The summed E-state index contributed by atoms with van der Waals surface area (Å²) in [6.45, 7) is 0. The van der Waals surface area contributed by atoms with Crippen LogP contribution in [0.1, 0.15) is 24.0 Å². The van der Waals surface area contributed by atoms with Crippen LogP contribution in [0.4, 0.5) is 11.4 Å². The van der Waals surface area contributed by atoms with Gasteiger partial charge in [-0.2, -0.15) is 0 Å². The number of anilines is 2. The van der Waals surface area contributed by atoms with Crippen molar-refractivity contribution in [3.63, 3.8) is 0 Å². The number of phenols is 1. The maximum atomic E-state index is 15.3. The molecule has 4 aromatic rings. The summed E-state index contributed by atoms with van der Waals surface area (Å²) in [5.74, 6) is -4.60. The normalized spacial score (nSPS) is 26.4. The van der Waals surface area contributed by atoms with Crippen molar-refractivity contribution in [3.8, 4) is 17.2 Å². The summed E-state index contributed by atoms with van der Waals surface area (Å²) in [6, 6.07) is 26.3. The Bertz CT molecular complexity index is 2210. The second-order valence-corrected chi connectivity index (χ2v) is 15.1. The Morgan fingerprint density at radius 2 is 1.51 bits per heavy atom. The summed E-state index contributed by atoms with van der Waals surface area (Å²) < 4.78 is 11.7. The molecule has 8 rings (SSSR count). The van der Waals surface area contributed by atoms with Crippen LogP contribution in [0.5, 0.6) is 17.2 Å². The van der Waals surface area contributed by atoms with Crippen molar-refractivity contribution in [1.82, 2.24) is 0 Å². The smallest absolute Gasteiger partial charge is 0.246 e. The lowest BCUT2D eigenvalue weighted by molar-refractivity contribution is -0.128. The van der Waals surface area contributed by atoms with Gasteiger partial charge in [0.2, 0.25) is 29.4 Å². The number of imide groups is 2. The minimum atomic E-state index is -1.41. The number of carbonyl (C=O) groups excluding carboxylic acids is 4. The van der Waals surface area contributed by atoms with Gasteiger partial charge in [-0.3, -0.25) is 24.1 Å². The first-order valence-electron chi connectivity index (χ1n) is 17.3. The number of benzene rings is 4. The average molecular weight is 794 g/mol. The number of allylic oxidation sites excluding steroid dienone is 3. The highest BCUT2D eigenvalue weighted by molar-refractivity contribution is 9.10. The number of halogens is 2. The van der Waals surface area contributed by atoms with Crippen molar-refractivity contribution in [2.75, 3.05) is 24.0 Å². The molecule has 53 heavy (non-hydrogen) atoms. The van der Waals surface area contributed by atoms with Gasteiger partial charge in [-0.15, -0.1) is 0 Å². The molecule has 2 saturated heterocycles. The number of amides is 4. The van der Waals surface area contributed by atoms with E-state index in [0.29, 0.717) is 33.9 Å². The summed E-state index contributed by atoms with van der Waals surface area (Å²) in [5.41, 5.74) is 1.54. The molecule has 1 N–H and O–H groups in total. The Kier molecular flexibility index (Phi) is 8.78. The van der Waals surface area contributed by atoms with E-state index in [1.165, 1.54) is 24.0 Å². The van der Waals surface area contributed by atoms with Crippen LogP contribution in [0.15, 0.2) is 113 Å². The molecule has 3 fully saturated rings. The van der Waals surface area contributed by atoms with Crippen LogP contribution in [-0.2, 0) is 24.6 Å². The van der Waals surface area contributed by atoms with E-state index in [1.54, 1.807) is 60.7 Å². The van der Waals surface area contributed by atoms with E-state index in [1.807, 2.05) is 48.6 Å². The molecule has 268 valence electrons. The van der Waals surface area contributed by atoms with Crippen LogP contribution in [0.25, 0.3) is 6.08 Å². The van der Waals surface area contributed by atoms with E-state index < -0.39 is 46.8 Å². The number of hydrogen-bond acceptors (Lipinski definition) is 7. The van der Waals surface area contributed by atoms with Crippen LogP contribution in [0.3, 0.4) is 0 Å². The number of fused-ring (bicyclic) bond motifs is 4. The third kappa shape index (κ3) is 5.33. The van der Waals surface area contributed by atoms with Gasteiger partial charge in [-0.1, -0.05) is 87.7 Å². The molecule has 11 heteroatoms. The van der Waals surface area contributed by atoms with Crippen molar-refractivity contribution in [2.24, 2.45) is 29.6 Å². The predicted molar refractivity (Wildman–Crippen MR) is 204 cm³/mol. The average Bonchev–Trinajstić information content (AvgIpc) is 3.56. The van der Waals surface area contributed by atoms with Crippen LogP contribution < -0.4 is 19.3 Å². The molecule has 0 radical (unpaired) electrons. The van der Waals surface area contributed by atoms with Gasteiger partial charge in [0.05, 0.1) is 48.8 Å². The lowest BCUT2D eigenvalue weighted by Crippen LogP contribution is -2.54. The summed E-state index contributed by atoms with van der Waals surface area (Å²) in [5, 5.41) is 11.0. The number of phenolic OH excluding ortho intramolecular Hbond substituents is 1. The second kappa shape index (κ2) is 13.3. The molecule has 2 aliphatic heterocycles. The number of carbonyl (C=O) groups is 4. The highest BCUT2D eigenvalue weighted by Crippen LogP contribution is 2.62. The van der Waals surface area contributed by atoms with Gasteiger partial charge < -0.3 is 14.6 Å². The first-order chi connectivity index (χ1) is 25.6. The van der Waals surface area contributed by atoms with Crippen molar-refractivity contribution in [1.29, 1.82) is 0 Å². The van der Waals surface area contributed by atoms with Gasteiger partial charge in [0, 0.05) is 15.4 Å². The van der Waals surface area contributed by atoms with Crippen molar-refractivity contribution in [3.05, 3.63) is 129 Å². The molecule has 4 aliphatic rings. The summed E-state index contributed by atoms with van der Waals surface area (Å²) >= 11 is 9.84. The zero-order valence-corrected chi connectivity index (χ0v) is 31.1. The third-order valence-corrected chi connectivity index (χ3v) is 12.1. The fourth-order valence-electron chi connectivity index (χ4n) is 9.05. The molecule has 0 aromatic heterocycles. The molecular weight excluding hydrogens is 760 g/mol. The highest BCUT2D eigenvalue weighted by Gasteiger charge is 2.69. The molecule has 2 heterocycles. The van der Waals surface area contributed by atoms with E-state index in [2.05, 4.69) is 15.9 Å². The fourth-order valence-corrected chi connectivity index (χ4v) is 9.50. The molecule has 0 spiro atoms. The summed E-state index contributed by atoms with van der Waals surface area (Å²) in [7, 11) is 2.88. The molecular formula is C42H34BrClN2O7. The van der Waals surface area contributed by atoms with Gasteiger partial charge in [-0.25, -0.2) is 4.90 Å². The van der Waals surface area contributed by atoms with E-state index in [9.17, 15) is 19.5 Å². The Balaban J connectivity index is 1.33. The Labute approximate surface area is 319 Å². The minimum Gasteiger partial charge on any atom is -0.502 e. The van der Waals surface area contributed by atoms with Crippen molar-refractivity contribution >= 4 is 68.6 Å². The Morgan fingerprint density at radius 3 is 2.17 bits per heavy atom. The lowest BCUT2D eigenvalue weighted by atomic mass is 9.50. The molecule has 4 amide bonds. The van der Waals surface area contributed by atoms with Gasteiger partial charge in [0.25, 0.3) is 0 Å². The summed E-state index contributed by atoms with van der Waals surface area (Å²) in [4.78, 5) is 61.2. The summed E-state index contributed by atoms with van der Waals surface area (Å²) in [6.07, 6.45) is 6.22. The van der Waals surface area contributed by atoms with E-state index in [0.717, 1.165) is 10.0 Å². The Hall–Kier alpha value is -5.19. The fraction of sp³-hybridized carbons (Fsp3) is 0.238. The van der Waals surface area contributed by atoms with Gasteiger partial charge in [0.15, 0.2) is 11.5 Å². The number of rotatable bonds is 7. The zero-order valence-electron chi connectivity index (χ0n) is 28.7. The van der Waals surface area contributed by atoms with Crippen LogP contribution >= 0.6 is 27.5 Å². The third-order valence-electron chi connectivity index (χ3n) is 11.3. The monoisotopic (exact) mass is 792 g/mol. The molecule has 4 aromatic carbocycles. The SMILES string of the molecule is COc1cc(C=C[C@H]2C3=CC[C@@H]4C(=O)N(c5ccc(Br)cc5)C(=O)[C@@H]4[C@@H]3C[C@H]3C(=O)N(c4cccc(Cl)c4)C(=O)[C@@]23c2ccccc2)cc(OC)c1O. The number of nitrogens with zero attached hydrogens (tertiary/aromatic N) is 2. The first-order valence-corrected chi connectivity index (χ1v) is 18.4. The largest absolute Gasteiger partial charge is 0.502 e. The second-order valence-electron chi connectivity index (χ2n) is 13.8. The highest BCUT2D eigenvalue weighted by atomic mass is 79.9. The van der Waals surface area contributed by atoms with E-state index in [4.69, 9.17) is 21.1 Å². The van der Waals surface area contributed by atoms with E-state index >= 15 is 4.79 Å². The molecule has 0 unspecified atom stereocenters. The maximum absolute atomic E-state index is 15.3. The number of aromatic hydroxyl groups is 1. The molecule has 9 nitrogen and oxygen atoms in total. The van der Waals surface area contributed by atoms with Crippen molar-refractivity contribution < 1.29 is 33.8 Å². The zero-order chi connectivity index (χ0) is 37.2. The van der Waals surface area contributed by atoms with Crippen molar-refractivity contribution in [2.45, 2.75) is 18.3 Å². The van der Waals surface area contributed by atoms with Gasteiger partial charge in [-0.05, 0) is 84.5 Å². The van der Waals surface area contributed by atoms with Gasteiger partial charge in [0.1, 0.15) is 0 Å². The first kappa shape index (κ1) is 34.9. The Morgan fingerprint density at radius 1 is 0.811 bits per heavy atom. The number of hydrogen-bond donors (Lipinski definition) is 1. The predicted octanol–water partition coefficient (Wildman–Crippen LogP) is 7.74. The number of ether oxygens (including phenoxy) is 2. The minimum absolute atomic E-state index is 0.153. The maximum Gasteiger partial charge on any atom is 0.246 e. The topological polar surface area (TPSA) is 113 Å². The standard InChI is InChI=1S/C42H34BrClN2O7/c1-52-34-19-23(20-35(53-2)37(34)47)11-18-32-29-16-17-30-36(40(50)45(38(30)48)27-14-12-25(43)13-15-27)31(29)22-33-39(49)46(28-10-6-9-26(44)21-28)41(51)42(32,33)24-7-4-3-5-8-24/h3-16,18-21,30-33,36,47H,17,22H2,1-2H3/t30-,31+,32-,33-,36-,42-/m0/s1. The lowest BCUT2D eigenvalue weighted by Gasteiger charge is -2.49. The van der Waals surface area contributed by atoms with Gasteiger partial charge >= 0.3 is 0 Å². The molecule has 0 bridgehead atoms.